The number of nitrogens with two attached hydrogens (primary N) is 1. The number of nitrogens with one attached hydrogen (secondary N) is 2. The van der Waals surface area contributed by atoms with Crippen LogP contribution < -0.4 is 21.1 Å². The Kier molecular flexibility index (Phi) is 7.85. The zero-order valence-corrected chi connectivity index (χ0v) is 14.1. The predicted molar refractivity (Wildman–Crippen MR) is 92.0 cm³/mol. The van der Waals surface area contributed by atoms with Crippen LogP contribution in [-0.4, -0.2) is 31.0 Å². The fourth-order valence-electron chi connectivity index (χ4n) is 2.28. The molecule has 4 N–H and O–H groups in total. The number of carbonyl (C=O) groups excluding carboxylic acids is 2. The van der Waals surface area contributed by atoms with Crippen LogP contribution >= 0.6 is 12.4 Å². The lowest BCUT2D eigenvalue weighted by molar-refractivity contribution is -0.121. The van der Waals surface area contributed by atoms with Gasteiger partial charge in [0, 0.05) is 31.1 Å². The maximum Gasteiger partial charge on any atom is 0.224 e. The van der Waals surface area contributed by atoms with Gasteiger partial charge in [-0.15, -0.1) is 12.4 Å². The first-order valence-corrected chi connectivity index (χ1v) is 7.63. The molecule has 0 spiro atoms. The second-order valence-corrected chi connectivity index (χ2v) is 5.52. The lowest BCUT2D eigenvalue weighted by Gasteiger charge is -2.17. The summed E-state index contributed by atoms with van der Waals surface area (Å²) in [5, 5.41) is 5.65. The van der Waals surface area contributed by atoms with Crippen molar-refractivity contribution in [2.75, 3.05) is 18.5 Å². The molecule has 0 bridgehead atoms. The highest BCUT2D eigenvalue weighted by atomic mass is 35.5. The van der Waals surface area contributed by atoms with Gasteiger partial charge in [-0.3, -0.25) is 9.59 Å². The molecular weight excluding hydrogens is 318 g/mol. The summed E-state index contributed by atoms with van der Waals surface area (Å²) in [5.74, 6) is 0.819. The number of ether oxygens (including phenoxy) is 1. The van der Waals surface area contributed by atoms with Gasteiger partial charge >= 0.3 is 0 Å². The summed E-state index contributed by atoms with van der Waals surface area (Å²) >= 11 is 0. The molecule has 0 unspecified atom stereocenters. The normalized spacial score (nSPS) is 14.1. The standard InChI is InChI=1S/C16H23N3O3.ClH/c1-11(10-17)18-15(20)3-2-8-22-13-5-6-14-12(9-13)4-7-16(21)19-14;/h5-6,9,11H,2-4,7-8,10,17H2,1H3,(H,18,20)(H,19,21);1H/t11-;/m0./s1. The van der Waals surface area contributed by atoms with E-state index in [9.17, 15) is 9.59 Å². The van der Waals surface area contributed by atoms with Crippen molar-refractivity contribution in [2.45, 2.75) is 38.6 Å². The van der Waals surface area contributed by atoms with Gasteiger partial charge in [0.15, 0.2) is 0 Å². The second kappa shape index (κ2) is 9.37. The second-order valence-electron chi connectivity index (χ2n) is 5.52. The van der Waals surface area contributed by atoms with Gasteiger partial charge in [0.25, 0.3) is 0 Å². The van der Waals surface area contributed by atoms with E-state index in [0.29, 0.717) is 32.4 Å². The molecule has 2 amide bonds. The van der Waals surface area contributed by atoms with Crippen molar-refractivity contribution < 1.29 is 14.3 Å². The number of rotatable bonds is 7. The Balaban J connectivity index is 0.00000264. The Labute approximate surface area is 142 Å². The molecule has 1 aliphatic rings. The van der Waals surface area contributed by atoms with Crippen molar-refractivity contribution in [1.82, 2.24) is 5.32 Å². The Hall–Kier alpha value is -1.79. The van der Waals surface area contributed by atoms with E-state index in [-0.39, 0.29) is 30.3 Å². The Morgan fingerprint density at radius 3 is 2.96 bits per heavy atom. The highest BCUT2D eigenvalue weighted by Gasteiger charge is 2.15. The summed E-state index contributed by atoms with van der Waals surface area (Å²) in [5.41, 5.74) is 7.40. The summed E-state index contributed by atoms with van der Waals surface area (Å²) < 4.78 is 5.66. The quantitative estimate of drug-likeness (QED) is 0.657. The molecule has 6 nitrogen and oxygen atoms in total. The average molecular weight is 342 g/mol. The number of hydrogen-bond donors (Lipinski definition) is 3. The minimum absolute atomic E-state index is 0. The van der Waals surface area contributed by atoms with Gasteiger partial charge in [0.1, 0.15) is 5.75 Å². The number of halogens is 1. The van der Waals surface area contributed by atoms with Crippen LogP contribution in [0.2, 0.25) is 0 Å². The third-order valence-electron chi connectivity index (χ3n) is 3.55. The van der Waals surface area contributed by atoms with Crippen LogP contribution in [0.25, 0.3) is 0 Å². The van der Waals surface area contributed by atoms with E-state index in [4.69, 9.17) is 10.5 Å². The molecule has 0 fully saturated rings. The molecule has 1 atom stereocenters. The fraction of sp³-hybridized carbons (Fsp3) is 0.500. The van der Waals surface area contributed by atoms with Crippen LogP contribution in [0.1, 0.15) is 31.7 Å². The minimum atomic E-state index is -0.00490. The van der Waals surface area contributed by atoms with E-state index in [1.807, 2.05) is 25.1 Å². The molecule has 128 valence electrons. The molecule has 0 aliphatic carbocycles. The minimum Gasteiger partial charge on any atom is -0.494 e. The van der Waals surface area contributed by atoms with E-state index in [1.165, 1.54) is 0 Å². The maximum atomic E-state index is 11.6. The highest BCUT2D eigenvalue weighted by molar-refractivity contribution is 5.94. The molecule has 0 saturated heterocycles. The molecule has 0 aromatic heterocycles. The molecule has 1 aliphatic heterocycles. The first kappa shape index (κ1) is 19.3. The van der Waals surface area contributed by atoms with Crippen molar-refractivity contribution in [3.8, 4) is 5.75 Å². The van der Waals surface area contributed by atoms with Crippen LogP contribution in [0.15, 0.2) is 18.2 Å². The number of fused-ring (bicyclic) bond motifs is 1. The number of anilines is 1. The topological polar surface area (TPSA) is 93.4 Å². The summed E-state index contributed by atoms with van der Waals surface area (Å²) in [6.45, 7) is 2.80. The first-order valence-electron chi connectivity index (χ1n) is 7.63. The molecule has 0 radical (unpaired) electrons. The van der Waals surface area contributed by atoms with E-state index < -0.39 is 0 Å². The monoisotopic (exact) mass is 341 g/mol. The van der Waals surface area contributed by atoms with Gasteiger partial charge in [-0.1, -0.05) is 0 Å². The highest BCUT2D eigenvalue weighted by Crippen LogP contribution is 2.26. The van der Waals surface area contributed by atoms with Gasteiger partial charge in [-0.05, 0) is 43.5 Å². The van der Waals surface area contributed by atoms with Crippen molar-refractivity contribution in [2.24, 2.45) is 5.73 Å². The van der Waals surface area contributed by atoms with Gasteiger partial charge in [-0.2, -0.15) is 0 Å². The molecular formula is C16H24ClN3O3. The molecule has 0 saturated carbocycles. The smallest absolute Gasteiger partial charge is 0.224 e. The summed E-state index contributed by atoms with van der Waals surface area (Å²) in [4.78, 5) is 22.9. The van der Waals surface area contributed by atoms with Crippen molar-refractivity contribution in [1.29, 1.82) is 0 Å². The zero-order valence-electron chi connectivity index (χ0n) is 13.3. The van der Waals surface area contributed by atoms with Crippen LogP contribution in [0.5, 0.6) is 5.75 Å². The van der Waals surface area contributed by atoms with Gasteiger partial charge in [0.2, 0.25) is 11.8 Å². The zero-order chi connectivity index (χ0) is 15.9. The van der Waals surface area contributed by atoms with Crippen molar-refractivity contribution in [3.05, 3.63) is 23.8 Å². The first-order chi connectivity index (χ1) is 10.6. The lowest BCUT2D eigenvalue weighted by Crippen LogP contribution is -2.37. The van der Waals surface area contributed by atoms with Gasteiger partial charge in [-0.25, -0.2) is 0 Å². The summed E-state index contributed by atoms with van der Waals surface area (Å²) in [6, 6.07) is 5.65. The molecule has 1 heterocycles. The van der Waals surface area contributed by atoms with Crippen LogP contribution in [-0.2, 0) is 16.0 Å². The van der Waals surface area contributed by atoms with E-state index >= 15 is 0 Å². The number of hydrogen-bond acceptors (Lipinski definition) is 4. The largest absolute Gasteiger partial charge is 0.494 e. The predicted octanol–water partition coefficient (Wildman–Crippen LogP) is 1.62. The van der Waals surface area contributed by atoms with Crippen molar-refractivity contribution >= 4 is 29.9 Å². The Morgan fingerprint density at radius 2 is 2.22 bits per heavy atom. The molecule has 1 aromatic rings. The van der Waals surface area contributed by atoms with Crippen LogP contribution in [0.3, 0.4) is 0 Å². The van der Waals surface area contributed by atoms with E-state index in [0.717, 1.165) is 23.4 Å². The van der Waals surface area contributed by atoms with Crippen LogP contribution in [0.4, 0.5) is 5.69 Å². The Bertz CT molecular complexity index is 551. The van der Waals surface area contributed by atoms with Gasteiger partial charge in [0.05, 0.1) is 6.61 Å². The summed E-state index contributed by atoms with van der Waals surface area (Å²) in [6.07, 6.45) is 2.32. The van der Waals surface area contributed by atoms with Crippen LogP contribution in [0, 0.1) is 0 Å². The lowest BCUT2D eigenvalue weighted by atomic mass is 10.0. The third-order valence-corrected chi connectivity index (χ3v) is 3.55. The number of carbonyl (C=O) groups is 2. The van der Waals surface area contributed by atoms with E-state index in [1.54, 1.807) is 0 Å². The van der Waals surface area contributed by atoms with E-state index in [2.05, 4.69) is 10.6 Å². The molecule has 1 aromatic carbocycles. The summed E-state index contributed by atoms with van der Waals surface area (Å²) in [7, 11) is 0. The SMILES string of the molecule is C[C@@H](CN)NC(=O)CCCOc1ccc2c(c1)CCC(=O)N2.Cl. The Morgan fingerprint density at radius 1 is 1.43 bits per heavy atom. The fourth-order valence-corrected chi connectivity index (χ4v) is 2.28. The van der Waals surface area contributed by atoms with Crippen molar-refractivity contribution in [3.63, 3.8) is 0 Å². The van der Waals surface area contributed by atoms with Gasteiger partial charge < -0.3 is 21.1 Å². The third kappa shape index (κ3) is 6.08. The molecule has 7 heteroatoms. The number of benzene rings is 1. The molecule has 2 rings (SSSR count). The number of aryl methyl sites for hydroxylation is 1. The maximum absolute atomic E-state index is 11.6. The average Bonchev–Trinajstić information content (AvgIpc) is 2.51. The molecule has 23 heavy (non-hydrogen) atoms. The number of amides is 2.